The van der Waals surface area contributed by atoms with E-state index in [9.17, 15) is 14.0 Å². The van der Waals surface area contributed by atoms with Crippen molar-refractivity contribution in [2.45, 2.75) is 13.1 Å². The lowest BCUT2D eigenvalue weighted by Gasteiger charge is -2.18. The van der Waals surface area contributed by atoms with Crippen LogP contribution in [0, 0.1) is 5.82 Å². The largest absolute Gasteiger partial charge is 0.325 e. The smallest absolute Gasteiger partial charge is 0.272 e. The summed E-state index contributed by atoms with van der Waals surface area (Å²) in [6.07, 6.45) is 1.64. The van der Waals surface area contributed by atoms with Crippen molar-refractivity contribution in [3.63, 3.8) is 0 Å². The van der Waals surface area contributed by atoms with Gasteiger partial charge in [0.2, 0.25) is 0 Å². The number of carbonyl (C=O) groups excluding carboxylic acids is 1. The fourth-order valence-electron chi connectivity index (χ4n) is 3.96. The third-order valence-corrected chi connectivity index (χ3v) is 5.45. The third-order valence-electron chi connectivity index (χ3n) is 5.45. The molecule has 0 unspecified atom stereocenters. The highest BCUT2D eigenvalue weighted by atomic mass is 19.1. The number of nitrogens with zero attached hydrogens (tertiary/aromatic N) is 4. The number of halogens is 1. The lowest BCUT2D eigenvalue weighted by atomic mass is 10.0. The first-order valence-corrected chi connectivity index (χ1v) is 9.32. The molecule has 0 atom stereocenters. The highest BCUT2D eigenvalue weighted by Gasteiger charge is 2.34. The number of nitrogens with two attached hydrogens (primary N) is 1. The number of rotatable bonds is 3. The van der Waals surface area contributed by atoms with E-state index in [0.29, 0.717) is 39.0 Å². The van der Waals surface area contributed by atoms with Crippen LogP contribution in [-0.4, -0.2) is 25.9 Å². The Kier molecular flexibility index (Phi) is 4.00. The monoisotopic (exact) mass is 404 g/mol. The van der Waals surface area contributed by atoms with E-state index in [2.05, 4.69) is 15.3 Å². The van der Waals surface area contributed by atoms with Crippen LogP contribution in [0.1, 0.15) is 21.6 Å². The molecule has 0 fully saturated rings. The van der Waals surface area contributed by atoms with Gasteiger partial charge in [-0.2, -0.15) is 10.2 Å². The summed E-state index contributed by atoms with van der Waals surface area (Å²) in [4.78, 5) is 26.6. The quantitative estimate of drug-likeness (QED) is 0.543. The Morgan fingerprint density at radius 3 is 2.77 bits per heavy atom. The van der Waals surface area contributed by atoms with Crippen LogP contribution in [0.3, 0.4) is 0 Å². The normalized spacial score (nSPS) is 13.3. The van der Waals surface area contributed by atoms with E-state index in [1.807, 2.05) is 6.07 Å². The van der Waals surface area contributed by atoms with Crippen LogP contribution in [0.25, 0.3) is 21.9 Å². The number of nitrogens with one attached hydrogen (secondary N) is 1. The first kappa shape index (κ1) is 18.2. The second-order valence-corrected chi connectivity index (χ2v) is 7.13. The number of hydrogen-bond acceptors (Lipinski definition) is 5. The van der Waals surface area contributed by atoms with E-state index in [0.717, 1.165) is 5.56 Å². The maximum Gasteiger partial charge on any atom is 0.272 e. The molecule has 3 N–H and O–H groups in total. The Labute approximate surface area is 169 Å². The van der Waals surface area contributed by atoms with Crippen LogP contribution in [0.4, 0.5) is 10.2 Å². The number of benzene rings is 2. The number of H-pyrrole nitrogens is 1. The lowest BCUT2D eigenvalue weighted by molar-refractivity contribution is 0.0995. The molecule has 1 aliphatic rings. The zero-order valence-corrected chi connectivity index (χ0v) is 16.0. The van der Waals surface area contributed by atoms with Crippen molar-refractivity contribution in [2.75, 3.05) is 4.90 Å². The molecular weight excluding hydrogens is 387 g/mol. The molecule has 9 heteroatoms. The number of anilines is 1. The van der Waals surface area contributed by atoms with Gasteiger partial charge in [-0.15, -0.1) is 0 Å². The average molecular weight is 404 g/mol. The summed E-state index contributed by atoms with van der Waals surface area (Å²) >= 11 is 0. The van der Waals surface area contributed by atoms with E-state index in [4.69, 9.17) is 5.73 Å². The molecule has 0 bridgehead atoms. The Balaban J connectivity index is 1.67. The zero-order chi connectivity index (χ0) is 21.0. The van der Waals surface area contributed by atoms with Crippen molar-refractivity contribution >= 4 is 22.5 Å². The molecule has 4 aromatic rings. The molecule has 0 saturated heterocycles. The number of hydrogen-bond donors (Lipinski definition) is 2. The zero-order valence-electron chi connectivity index (χ0n) is 16.0. The summed E-state index contributed by atoms with van der Waals surface area (Å²) in [6.45, 7) is 0.284. The van der Waals surface area contributed by atoms with Crippen LogP contribution >= 0.6 is 0 Å². The van der Waals surface area contributed by atoms with Crippen molar-refractivity contribution < 1.29 is 9.18 Å². The molecule has 150 valence electrons. The van der Waals surface area contributed by atoms with E-state index in [-0.39, 0.29) is 24.6 Å². The van der Waals surface area contributed by atoms with Crippen LogP contribution in [0.15, 0.2) is 47.4 Å². The summed E-state index contributed by atoms with van der Waals surface area (Å²) < 4.78 is 15.8. The van der Waals surface area contributed by atoms with Gasteiger partial charge in [-0.05, 0) is 29.8 Å². The van der Waals surface area contributed by atoms with Gasteiger partial charge < -0.3 is 5.73 Å². The van der Waals surface area contributed by atoms with Gasteiger partial charge in [-0.25, -0.2) is 9.49 Å². The second kappa shape index (κ2) is 6.60. The predicted octanol–water partition coefficient (Wildman–Crippen LogP) is 2.08. The first-order chi connectivity index (χ1) is 14.5. The molecule has 0 aliphatic carbocycles. The first-order valence-electron chi connectivity index (χ1n) is 9.32. The van der Waals surface area contributed by atoms with Gasteiger partial charge in [0.1, 0.15) is 11.6 Å². The molecule has 2 aromatic carbocycles. The lowest BCUT2D eigenvalue weighted by Crippen LogP contribution is -2.26. The van der Waals surface area contributed by atoms with Gasteiger partial charge in [-0.1, -0.05) is 12.1 Å². The molecule has 8 nitrogen and oxygen atoms in total. The number of aromatic nitrogens is 4. The molecule has 3 heterocycles. The van der Waals surface area contributed by atoms with E-state index in [1.165, 1.54) is 17.0 Å². The minimum absolute atomic E-state index is 0.121. The van der Waals surface area contributed by atoms with Crippen LogP contribution in [0.5, 0.6) is 0 Å². The van der Waals surface area contributed by atoms with Crippen LogP contribution in [-0.2, 0) is 20.1 Å². The van der Waals surface area contributed by atoms with Crippen LogP contribution in [0.2, 0.25) is 0 Å². The van der Waals surface area contributed by atoms with Crippen molar-refractivity contribution in [3.05, 3.63) is 75.6 Å². The molecular formula is C21H17FN6O2. The molecule has 0 radical (unpaired) electrons. The second-order valence-electron chi connectivity index (χ2n) is 7.13. The summed E-state index contributed by atoms with van der Waals surface area (Å²) in [6, 6.07) is 9.80. The van der Waals surface area contributed by atoms with Gasteiger partial charge in [-0.3, -0.25) is 19.2 Å². The number of aryl methyl sites for hydroxylation is 1. The average Bonchev–Trinajstić information content (AvgIpc) is 3.29. The van der Waals surface area contributed by atoms with Gasteiger partial charge in [0.15, 0.2) is 0 Å². The topological polar surface area (TPSA) is 110 Å². The highest BCUT2D eigenvalue weighted by Crippen LogP contribution is 2.37. The van der Waals surface area contributed by atoms with E-state index < -0.39 is 5.82 Å². The Bertz CT molecular complexity index is 1390. The maximum atomic E-state index is 14.2. The summed E-state index contributed by atoms with van der Waals surface area (Å²) in [5, 5.41) is 11.9. The minimum Gasteiger partial charge on any atom is -0.325 e. The third kappa shape index (κ3) is 2.56. The van der Waals surface area contributed by atoms with E-state index in [1.54, 1.807) is 36.1 Å². The molecule has 1 amide bonds. The molecule has 0 spiro atoms. The fourth-order valence-corrected chi connectivity index (χ4v) is 3.96. The van der Waals surface area contributed by atoms with Crippen LogP contribution < -0.4 is 16.2 Å². The molecule has 30 heavy (non-hydrogen) atoms. The molecule has 5 rings (SSSR count). The fraction of sp³-hybridized carbons (Fsp3) is 0.143. The van der Waals surface area contributed by atoms with Crippen molar-refractivity contribution in [3.8, 4) is 11.1 Å². The standard InChI is InChI=1S/C21H17FN6O2/c1-27-20(28-10-16-13(21(28)30)3-2-4-17(16)22)15(9-24-27)11-5-6-12-14(7-11)18(8-23)25-26-19(12)29/h2-7,9H,8,10,23H2,1H3,(H,26,29). The molecule has 2 aromatic heterocycles. The number of fused-ring (bicyclic) bond motifs is 2. The summed E-state index contributed by atoms with van der Waals surface area (Å²) in [5.74, 6) is -0.145. The number of amides is 1. The number of aromatic amines is 1. The highest BCUT2D eigenvalue weighted by molar-refractivity contribution is 6.11. The van der Waals surface area contributed by atoms with E-state index >= 15 is 0 Å². The van der Waals surface area contributed by atoms with Gasteiger partial charge in [0.25, 0.3) is 11.5 Å². The Hall–Kier alpha value is -3.85. The maximum absolute atomic E-state index is 14.2. The minimum atomic E-state index is -0.407. The summed E-state index contributed by atoms with van der Waals surface area (Å²) in [5.41, 5.74) is 8.18. The number of carbonyl (C=O) groups is 1. The van der Waals surface area contributed by atoms with Crippen molar-refractivity contribution in [2.24, 2.45) is 12.8 Å². The Morgan fingerprint density at radius 2 is 2.00 bits per heavy atom. The van der Waals surface area contributed by atoms with Gasteiger partial charge >= 0.3 is 0 Å². The summed E-state index contributed by atoms with van der Waals surface area (Å²) in [7, 11) is 1.73. The van der Waals surface area contributed by atoms with Crippen molar-refractivity contribution in [1.29, 1.82) is 0 Å². The predicted molar refractivity (Wildman–Crippen MR) is 109 cm³/mol. The Morgan fingerprint density at radius 1 is 1.17 bits per heavy atom. The van der Waals surface area contributed by atoms with Gasteiger partial charge in [0, 0.05) is 35.7 Å². The van der Waals surface area contributed by atoms with Crippen molar-refractivity contribution in [1.82, 2.24) is 20.0 Å². The SMILES string of the molecule is Cn1ncc(-c2ccc3c(=O)[nH]nc(CN)c3c2)c1N1Cc2c(F)cccc2C1=O. The van der Waals surface area contributed by atoms with Gasteiger partial charge in [0.05, 0.1) is 23.8 Å². The molecule has 0 saturated carbocycles. The molecule has 1 aliphatic heterocycles.